The van der Waals surface area contributed by atoms with Crippen LogP contribution in [0.3, 0.4) is 0 Å². The van der Waals surface area contributed by atoms with E-state index < -0.39 is 10.0 Å². The quantitative estimate of drug-likeness (QED) is 0.633. The molecule has 0 bridgehead atoms. The van der Waals surface area contributed by atoms with Gasteiger partial charge in [0.2, 0.25) is 10.0 Å². The molecule has 0 unspecified atom stereocenters. The van der Waals surface area contributed by atoms with Gasteiger partial charge in [-0.25, -0.2) is 8.42 Å². The molecule has 1 N–H and O–H groups in total. The van der Waals surface area contributed by atoms with Crippen LogP contribution in [0.15, 0.2) is 0 Å². The van der Waals surface area contributed by atoms with Crippen LogP contribution in [0, 0.1) is 12.3 Å². The topological polar surface area (TPSA) is 52.7 Å². The second-order valence-corrected chi connectivity index (χ2v) is 6.13. The third kappa shape index (κ3) is 4.64. The highest BCUT2D eigenvalue weighted by atomic mass is 32.2. The molecule has 1 aliphatic heterocycles. The fraction of sp³-hybridized carbons (Fsp3) is 0.818. The van der Waals surface area contributed by atoms with Gasteiger partial charge < -0.3 is 5.32 Å². The van der Waals surface area contributed by atoms with E-state index in [1.165, 1.54) is 4.31 Å². The number of terminal acetylenes is 1. The first-order valence-electron chi connectivity index (χ1n) is 5.94. The highest BCUT2D eigenvalue weighted by molar-refractivity contribution is 7.89. The first-order valence-corrected chi connectivity index (χ1v) is 7.55. The summed E-state index contributed by atoms with van der Waals surface area (Å²) in [6.45, 7) is 6.69. The molecule has 5 nitrogen and oxygen atoms in total. The number of piperazine rings is 1. The lowest BCUT2D eigenvalue weighted by Gasteiger charge is -2.28. The van der Waals surface area contributed by atoms with Crippen LogP contribution in [0.5, 0.6) is 0 Å². The van der Waals surface area contributed by atoms with Crippen LogP contribution in [-0.4, -0.2) is 69.2 Å². The predicted molar refractivity (Wildman–Crippen MR) is 69.2 cm³/mol. The Hall–Kier alpha value is -0.610. The summed E-state index contributed by atoms with van der Waals surface area (Å²) in [4.78, 5) is 2.16. The highest BCUT2D eigenvalue weighted by Crippen LogP contribution is 2.02. The molecule has 0 amide bonds. The maximum Gasteiger partial charge on any atom is 0.216 e. The van der Waals surface area contributed by atoms with Gasteiger partial charge in [-0.3, -0.25) is 4.90 Å². The molecule has 0 saturated carbocycles. The molecule has 0 aromatic rings. The van der Waals surface area contributed by atoms with E-state index in [1.54, 1.807) is 6.92 Å². The maximum atomic E-state index is 12.0. The van der Waals surface area contributed by atoms with Crippen molar-refractivity contribution in [2.75, 3.05) is 51.6 Å². The minimum atomic E-state index is -3.21. The molecule has 1 aliphatic rings. The Balaban J connectivity index is 2.45. The van der Waals surface area contributed by atoms with Crippen molar-refractivity contribution in [1.29, 1.82) is 0 Å². The Morgan fingerprint density at radius 3 is 2.59 bits per heavy atom. The summed E-state index contributed by atoms with van der Waals surface area (Å²) >= 11 is 0. The van der Waals surface area contributed by atoms with E-state index in [0.29, 0.717) is 13.1 Å². The first-order chi connectivity index (χ1) is 8.10. The van der Waals surface area contributed by atoms with Gasteiger partial charge >= 0.3 is 0 Å². The van der Waals surface area contributed by atoms with E-state index in [1.807, 2.05) is 0 Å². The highest BCUT2D eigenvalue weighted by Gasteiger charge is 2.21. The lowest BCUT2D eigenvalue weighted by Crippen LogP contribution is -2.46. The van der Waals surface area contributed by atoms with Crippen molar-refractivity contribution in [2.24, 2.45) is 0 Å². The Kier molecular flexibility index (Phi) is 5.92. The van der Waals surface area contributed by atoms with Crippen LogP contribution in [0.4, 0.5) is 0 Å². The maximum absolute atomic E-state index is 12.0. The van der Waals surface area contributed by atoms with Gasteiger partial charge in [-0.05, 0) is 0 Å². The van der Waals surface area contributed by atoms with E-state index in [9.17, 15) is 8.42 Å². The van der Waals surface area contributed by atoms with Crippen LogP contribution < -0.4 is 5.32 Å². The summed E-state index contributed by atoms with van der Waals surface area (Å²) in [5.41, 5.74) is 0. The summed E-state index contributed by atoms with van der Waals surface area (Å²) in [5, 5.41) is 3.24. The van der Waals surface area contributed by atoms with Crippen LogP contribution in [-0.2, 0) is 10.0 Å². The smallest absolute Gasteiger partial charge is 0.216 e. The number of rotatable bonds is 6. The van der Waals surface area contributed by atoms with Crippen molar-refractivity contribution in [2.45, 2.75) is 6.92 Å². The molecule has 0 spiro atoms. The van der Waals surface area contributed by atoms with Crippen molar-refractivity contribution in [1.82, 2.24) is 14.5 Å². The fourth-order valence-corrected chi connectivity index (χ4v) is 3.23. The molecular weight excluding hydrogens is 238 g/mol. The Labute approximate surface area is 104 Å². The van der Waals surface area contributed by atoms with Crippen LogP contribution in [0.2, 0.25) is 0 Å². The lowest BCUT2D eigenvalue weighted by atomic mass is 10.4. The molecule has 98 valence electrons. The van der Waals surface area contributed by atoms with E-state index in [0.717, 1.165) is 26.2 Å². The summed E-state index contributed by atoms with van der Waals surface area (Å²) < 4.78 is 25.3. The van der Waals surface area contributed by atoms with E-state index in [-0.39, 0.29) is 12.3 Å². The standard InChI is InChI=1S/C11H21N3O2S/c1-3-7-14(4-2)17(15,16)11-10-13-8-5-12-6-9-13/h1,12H,4-11H2,2H3. The van der Waals surface area contributed by atoms with E-state index in [2.05, 4.69) is 16.1 Å². The molecule has 6 heteroatoms. The van der Waals surface area contributed by atoms with Gasteiger partial charge in [0.1, 0.15) is 0 Å². The largest absolute Gasteiger partial charge is 0.314 e. The molecule has 0 radical (unpaired) electrons. The molecular formula is C11H21N3O2S. The van der Waals surface area contributed by atoms with Gasteiger partial charge in [-0.1, -0.05) is 12.8 Å². The fourth-order valence-electron chi connectivity index (χ4n) is 1.82. The van der Waals surface area contributed by atoms with Crippen molar-refractivity contribution in [3.05, 3.63) is 0 Å². The molecule has 17 heavy (non-hydrogen) atoms. The zero-order valence-electron chi connectivity index (χ0n) is 10.4. The summed E-state index contributed by atoms with van der Waals surface area (Å²) in [6.07, 6.45) is 5.17. The summed E-state index contributed by atoms with van der Waals surface area (Å²) in [7, 11) is -3.21. The minimum absolute atomic E-state index is 0.155. The minimum Gasteiger partial charge on any atom is -0.314 e. The van der Waals surface area contributed by atoms with Gasteiger partial charge in [0.25, 0.3) is 0 Å². The molecule has 0 aromatic carbocycles. The zero-order chi connectivity index (χ0) is 12.7. The molecule has 1 rings (SSSR count). The van der Waals surface area contributed by atoms with E-state index >= 15 is 0 Å². The van der Waals surface area contributed by atoms with Gasteiger partial charge in [-0.15, -0.1) is 6.42 Å². The SMILES string of the molecule is C#CCN(CC)S(=O)(=O)CCN1CCNCC1. The molecule has 0 aliphatic carbocycles. The number of hydrogen-bond donors (Lipinski definition) is 1. The number of hydrogen-bond acceptors (Lipinski definition) is 4. The van der Waals surface area contributed by atoms with E-state index in [4.69, 9.17) is 6.42 Å². The van der Waals surface area contributed by atoms with Crippen LogP contribution in [0.25, 0.3) is 0 Å². The zero-order valence-corrected chi connectivity index (χ0v) is 11.2. The van der Waals surface area contributed by atoms with Crippen LogP contribution in [0.1, 0.15) is 6.92 Å². The van der Waals surface area contributed by atoms with Crippen molar-refractivity contribution in [3.8, 4) is 12.3 Å². The van der Waals surface area contributed by atoms with Crippen molar-refractivity contribution >= 4 is 10.0 Å². The molecule has 1 heterocycles. The number of nitrogens with one attached hydrogen (secondary N) is 1. The predicted octanol–water partition coefficient (Wildman–Crippen LogP) is -0.823. The van der Waals surface area contributed by atoms with Crippen LogP contribution >= 0.6 is 0 Å². The second kappa shape index (κ2) is 6.97. The van der Waals surface area contributed by atoms with Crippen molar-refractivity contribution < 1.29 is 8.42 Å². The lowest BCUT2D eigenvalue weighted by molar-refractivity contribution is 0.252. The average molecular weight is 259 g/mol. The molecule has 0 atom stereocenters. The monoisotopic (exact) mass is 259 g/mol. The van der Waals surface area contributed by atoms with Gasteiger partial charge in [-0.2, -0.15) is 4.31 Å². The molecule has 1 saturated heterocycles. The normalized spacial score (nSPS) is 18.2. The number of sulfonamides is 1. The Morgan fingerprint density at radius 2 is 2.06 bits per heavy atom. The van der Waals surface area contributed by atoms with Gasteiger partial charge in [0.05, 0.1) is 12.3 Å². The van der Waals surface area contributed by atoms with Gasteiger partial charge in [0, 0.05) is 39.3 Å². The Bertz CT molecular complexity index is 355. The summed E-state index contributed by atoms with van der Waals surface area (Å²) in [5.74, 6) is 2.54. The summed E-state index contributed by atoms with van der Waals surface area (Å²) in [6, 6.07) is 0. The third-order valence-electron chi connectivity index (χ3n) is 2.89. The third-order valence-corrected chi connectivity index (χ3v) is 4.76. The first kappa shape index (κ1) is 14.5. The van der Waals surface area contributed by atoms with Crippen molar-refractivity contribution in [3.63, 3.8) is 0 Å². The Morgan fingerprint density at radius 1 is 1.41 bits per heavy atom. The van der Waals surface area contributed by atoms with Gasteiger partial charge in [0.15, 0.2) is 0 Å². The molecule has 0 aromatic heterocycles. The number of nitrogens with zero attached hydrogens (tertiary/aromatic N) is 2. The second-order valence-electron chi connectivity index (χ2n) is 4.04. The molecule has 1 fully saturated rings. The average Bonchev–Trinajstić information content (AvgIpc) is 2.34.